The van der Waals surface area contributed by atoms with Gasteiger partial charge < -0.3 is 10.3 Å². The number of aromatic nitrogens is 1. The van der Waals surface area contributed by atoms with Gasteiger partial charge in [0, 0.05) is 17.3 Å². The topological polar surface area (TPSA) is 44.9 Å². The van der Waals surface area contributed by atoms with E-state index in [0.29, 0.717) is 12.0 Å². The summed E-state index contributed by atoms with van der Waals surface area (Å²) in [6, 6.07) is 7.09. The van der Waals surface area contributed by atoms with E-state index < -0.39 is 6.17 Å². The predicted octanol–water partition coefficient (Wildman–Crippen LogP) is 2.79. The highest BCUT2D eigenvalue weighted by atomic mass is 19.1. The van der Waals surface area contributed by atoms with Gasteiger partial charge in [0.25, 0.3) is 5.91 Å². The lowest BCUT2D eigenvalue weighted by Gasteiger charge is -2.14. The van der Waals surface area contributed by atoms with Gasteiger partial charge in [0.05, 0.1) is 6.04 Å². The number of carbonyl (C=O) groups excluding carboxylic acids is 1. The van der Waals surface area contributed by atoms with Crippen molar-refractivity contribution in [3.63, 3.8) is 0 Å². The fourth-order valence-corrected chi connectivity index (χ4v) is 2.52. The highest BCUT2D eigenvalue weighted by Crippen LogP contribution is 2.22. The van der Waals surface area contributed by atoms with Crippen molar-refractivity contribution < 1.29 is 9.18 Å². The Kier molecular flexibility index (Phi) is 2.78. The second kappa shape index (κ2) is 4.44. The van der Waals surface area contributed by atoms with E-state index in [2.05, 4.69) is 10.3 Å². The van der Waals surface area contributed by atoms with Gasteiger partial charge in [-0.15, -0.1) is 0 Å². The van der Waals surface area contributed by atoms with Crippen LogP contribution in [0.3, 0.4) is 0 Å². The van der Waals surface area contributed by atoms with Crippen LogP contribution in [0.5, 0.6) is 0 Å². The van der Waals surface area contributed by atoms with Gasteiger partial charge in [0.2, 0.25) is 0 Å². The summed E-state index contributed by atoms with van der Waals surface area (Å²) in [7, 11) is 0. The van der Waals surface area contributed by atoms with Gasteiger partial charge >= 0.3 is 0 Å². The standard InChI is InChI=1S/C14H15FN2O/c15-11-2-1-3-12(11)17-14(18)10-5-4-9-6-7-16-13(9)8-10/h4-8,11-12,16H,1-3H2,(H,17,18). The smallest absolute Gasteiger partial charge is 0.251 e. The number of hydrogen-bond acceptors (Lipinski definition) is 1. The van der Waals surface area contributed by atoms with Gasteiger partial charge in [0.15, 0.2) is 0 Å². The molecule has 1 heterocycles. The summed E-state index contributed by atoms with van der Waals surface area (Å²) < 4.78 is 13.4. The molecule has 18 heavy (non-hydrogen) atoms. The van der Waals surface area contributed by atoms with Crippen molar-refractivity contribution in [2.75, 3.05) is 0 Å². The third-order valence-corrected chi connectivity index (χ3v) is 3.57. The molecule has 1 aliphatic rings. The summed E-state index contributed by atoms with van der Waals surface area (Å²) in [4.78, 5) is 15.1. The number of alkyl halides is 1. The van der Waals surface area contributed by atoms with Crippen molar-refractivity contribution in [3.8, 4) is 0 Å². The van der Waals surface area contributed by atoms with E-state index in [4.69, 9.17) is 0 Å². The lowest BCUT2D eigenvalue weighted by atomic mass is 10.1. The number of hydrogen-bond donors (Lipinski definition) is 2. The molecule has 0 aliphatic heterocycles. The molecule has 0 saturated heterocycles. The van der Waals surface area contributed by atoms with Crippen LogP contribution in [-0.4, -0.2) is 23.1 Å². The molecule has 2 N–H and O–H groups in total. The maximum Gasteiger partial charge on any atom is 0.251 e. The van der Waals surface area contributed by atoms with Crippen molar-refractivity contribution in [2.24, 2.45) is 0 Å². The molecule has 0 bridgehead atoms. The third kappa shape index (κ3) is 1.98. The predicted molar refractivity (Wildman–Crippen MR) is 68.3 cm³/mol. The van der Waals surface area contributed by atoms with Crippen molar-refractivity contribution in [1.82, 2.24) is 10.3 Å². The Balaban J connectivity index is 1.78. The van der Waals surface area contributed by atoms with E-state index in [1.54, 1.807) is 12.1 Å². The second-order valence-corrected chi connectivity index (χ2v) is 4.81. The maximum absolute atomic E-state index is 13.4. The number of nitrogens with one attached hydrogen (secondary N) is 2. The van der Waals surface area contributed by atoms with Crippen LogP contribution in [0, 0.1) is 0 Å². The highest BCUT2D eigenvalue weighted by molar-refractivity contribution is 5.98. The summed E-state index contributed by atoms with van der Waals surface area (Å²) in [5.74, 6) is -0.193. The SMILES string of the molecule is O=C(NC1CCCC1F)c1ccc2cc[nH]c2c1. The first-order chi connectivity index (χ1) is 8.74. The Hall–Kier alpha value is -1.84. The average molecular weight is 246 g/mol. The number of fused-ring (bicyclic) bond motifs is 1. The van der Waals surface area contributed by atoms with Crippen molar-refractivity contribution in [2.45, 2.75) is 31.5 Å². The van der Waals surface area contributed by atoms with Crippen molar-refractivity contribution >= 4 is 16.8 Å². The monoisotopic (exact) mass is 246 g/mol. The zero-order chi connectivity index (χ0) is 12.5. The van der Waals surface area contributed by atoms with E-state index in [1.807, 2.05) is 18.3 Å². The molecule has 1 aliphatic carbocycles. The van der Waals surface area contributed by atoms with Crippen LogP contribution in [0.1, 0.15) is 29.6 Å². The molecule has 1 amide bonds. The van der Waals surface area contributed by atoms with Crippen LogP contribution in [0.25, 0.3) is 10.9 Å². The summed E-state index contributed by atoms with van der Waals surface area (Å²) in [5.41, 5.74) is 1.50. The molecular formula is C14H15FN2O. The second-order valence-electron chi connectivity index (χ2n) is 4.81. The first kappa shape index (κ1) is 11.3. The largest absolute Gasteiger partial charge is 0.361 e. The highest BCUT2D eigenvalue weighted by Gasteiger charge is 2.28. The molecule has 3 rings (SSSR count). The summed E-state index contributed by atoms with van der Waals surface area (Å²) in [5, 5.41) is 3.84. The zero-order valence-corrected chi connectivity index (χ0v) is 9.95. The first-order valence-corrected chi connectivity index (χ1v) is 6.26. The van der Waals surface area contributed by atoms with Crippen LogP contribution in [0.2, 0.25) is 0 Å². The van der Waals surface area contributed by atoms with E-state index in [-0.39, 0.29) is 11.9 Å². The van der Waals surface area contributed by atoms with Gasteiger partial charge in [-0.05, 0) is 42.8 Å². The Bertz CT molecular complexity index is 578. The number of H-pyrrole nitrogens is 1. The lowest BCUT2D eigenvalue weighted by Crippen LogP contribution is -2.38. The number of carbonyl (C=O) groups is 1. The van der Waals surface area contributed by atoms with Gasteiger partial charge in [-0.2, -0.15) is 0 Å². The van der Waals surface area contributed by atoms with Crippen LogP contribution in [0.4, 0.5) is 4.39 Å². The molecule has 4 heteroatoms. The van der Waals surface area contributed by atoms with Crippen molar-refractivity contribution in [3.05, 3.63) is 36.0 Å². The molecule has 94 valence electrons. The Morgan fingerprint density at radius 3 is 3.00 bits per heavy atom. The molecule has 1 fully saturated rings. The van der Waals surface area contributed by atoms with E-state index >= 15 is 0 Å². The van der Waals surface area contributed by atoms with Gasteiger partial charge in [-0.1, -0.05) is 6.07 Å². The first-order valence-electron chi connectivity index (χ1n) is 6.26. The quantitative estimate of drug-likeness (QED) is 0.840. The summed E-state index contributed by atoms with van der Waals surface area (Å²) in [6.45, 7) is 0. The number of benzene rings is 1. The Morgan fingerprint density at radius 1 is 1.33 bits per heavy atom. The molecule has 2 aromatic rings. The summed E-state index contributed by atoms with van der Waals surface area (Å²) >= 11 is 0. The minimum atomic E-state index is -0.900. The van der Waals surface area contributed by atoms with Crippen molar-refractivity contribution in [1.29, 1.82) is 0 Å². The molecule has 0 radical (unpaired) electrons. The molecule has 1 aromatic carbocycles. The molecule has 0 spiro atoms. The fraction of sp³-hybridized carbons (Fsp3) is 0.357. The molecular weight excluding hydrogens is 231 g/mol. The number of rotatable bonds is 2. The maximum atomic E-state index is 13.4. The van der Waals surface area contributed by atoms with Gasteiger partial charge in [-0.3, -0.25) is 4.79 Å². The summed E-state index contributed by atoms with van der Waals surface area (Å²) in [6.07, 6.45) is 3.07. The fourth-order valence-electron chi connectivity index (χ4n) is 2.52. The molecule has 3 nitrogen and oxygen atoms in total. The zero-order valence-electron chi connectivity index (χ0n) is 9.95. The Labute approximate surface area is 104 Å². The Morgan fingerprint density at radius 2 is 2.22 bits per heavy atom. The minimum Gasteiger partial charge on any atom is -0.361 e. The van der Waals surface area contributed by atoms with Crippen LogP contribution in [-0.2, 0) is 0 Å². The van der Waals surface area contributed by atoms with Gasteiger partial charge in [0.1, 0.15) is 6.17 Å². The molecule has 2 unspecified atom stereocenters. The third-order valence-electron chi connectivity index (χ3n) is 3.57. The number of halogens is 1. The van der Waals surface area contributed by atoms with Crippen LogP contribution >= 0.6 is 0 Å². The normalized spacial score (nSPS) is 23.4. The van der Waals surface area contributed by atoms with E-state index in [0.717, 1.165) is 23.7 Å². The van der Waals surface area contributed by atoms with Crippen LogP contribution in [0.15, 0.2) is 30.5 Å². The molecule has 1 aromatic heterocycles. The minimum absolute atomic E-state index is 0.193. The molecule has 1 saturated carbocycles. The van der Waals surface area contributed by atoms with E-state index in [1.165, 1.54) is 0 Å². The van der Waals surface area contributed by atoms with E-state index in [9.17, 15) is 9.18 Å². The lowest BCUT2D eigenvalue weighted by molar-refractivity contribution is 0.0919. The molecule has 2 atom stereocenters. The van der Waals surface area contributed by atoms with Crippen LogP contribution < -0.4 is 5.32 Å². The number of amides is 1. The average Bonchev–Trinajstić information content (AvgIpc) is 2.98. The van der Waals surface area contributed by atoms with Gasteiger partial charge in [-0.25, -0.2) is 4.39 Å². The number of aromatic amines is 1.